The van der Waals surface area contributed by atoms with E-state index in [0.29, 0.717) is 18.9 Å². The molecule has 0 unspecified atom stereocenters. The van der Waals surface area contributed by atoms with Crippen molar-refractivity contribution >= 4 is 6.09 Å². The van der Waals surface area contributed by atoms with E-state index >= 15 is 0 Å². The van der Waals surface area contributed by atoms with Crippen LogP contribution in [0.2, 0.25) is 0 Å². The molecule has 0 aromatic carbocycles. The number of furan rings is 1. The predicted molar refractivity (Wildman–Crippen MR) is 76.7 cm³/mol. The van der Waals surface area contributed by atoms with Gasteiger partial charge >= 0.3 is 6.09 Å². The molecule has 0 radical (unpaired) electrons. The molecule has 0 saturated heterocycles. The molecule has 0 aliphatic rings. The first-order valence-electron chi connectivity index (χ1n) is 6.78. The van der Waals surface area contributed by atoms with Crippen molar-refractivity contribution in [1.82, 2.24) is 4.90 Å². The number of carboxylic acid groups (broad SMARTS) is 1. The first kappa shape index (κ1) is 16.6. The van der Waals surface area contributed by atoms with Crippen LogP contribution in [-0.4, -0.2) is 36.4 Å². The maximum absolute atomic E-state index is 11.7. The second-order valence-corrected chi connectivity index (χ2v) is 6.36. The second kappa shape index (κ2) is 6.79. The molecule has 1 aromatic heterocycles. The lowest BCUT2D eigenvalue weighted by Gasteiger charge is -2.36. The highest BCUT2D eigenvalue weighted by molar-refractivity contribution is 5.65. The van der Waals surface area contributed by atoms with Gasteiger partial charge in [-0.1, -0.05) is 27.7 Å². The number of hydrogen-bond donors (Lipinski definition) is 1. The average molecular weight is 283 g/mol. The lowest BCUT2D eigenvalue weighted by Crippen LogP contribution is -2.42. The van der Waals surface area contributed by atoms with Gasteiger partial charge in [-0.15, -0.1) is 0 Å². The highest BCUT2D eigenvalue weighted by Crippen LogP contribution is 2.32. The first-order valence-corrected chi connectivity index (χ1v) is 6.78. The molecule has 1 heterocycles. The highest BCUT2D eigenvalue weighted by Gasteiger charge is 2.34. The summed E-state index contributed by atoms with van der Waals surface area (Å²) in [7, 11) is 1.62. The molecule has 20 heavy (non-hydrogen) atoms. The summed E-state index contributed by atoms with van der Waals surface area (Å²) in [5.74, 6) is 0.658. The molecule has 5 nitrogen and oxygen atoms in total. The Labute approximate surface area is 120 Å². The van der Waals surface area contributed by atoms with E-state index in [0.717, 1.165) is 0 Å². The molecule has 1 rings (SSSR count). The number of amides is 1. The van der Waals surface area contributed by atoms with Crippen molar-refractivity contribution in [1.29, 1.82) is 0 Å². The molecule has 0 fully saturated rings. The SMILES string of the molecule is COC[C@@H](C)[C@@H](c1ccco1)N(CC(C)(C)C)C(=O)O. The van der Waals surface area contributed by atoms with Gasteiger partial charge in [0.05, 0.1) is 18.9 Å². The van der Waals surface area contributed by atoms with Gasteiger partial charge in [-0.2, -0.15) is 0 Å². The zero-order valence-corrected chi connectivity index (χ0v) is 12.9. The van der Waals surface area contributed by atoms with Crippen LogP contribution in [0.5, 0.6) is 0 Å². The molecule has 1 aromatic rings. The second-order valence-electron chi connectivity index (χ2n) is 6.36. The molecular weight excluding hydrogens is 258 g/mol. The van der Waals surface area contributed by atoms with Crippen LogP contribution >= 0.6 is 0 Å². The van der Waals surface area contributed by atoms with Gasteiger partial charge in [0.2, 0.25) is 0 Å². The number of ether oxygens (including phenoxy) is 1. The maximum Gasteiger partial charge on any atom is 0.407 e. The Kier molecular flexibility index (Phi) is 5.62. The third kappa shape index (κ3) is 4.56. The summed E-state index contributed by atoms with van der Waals surface area (Å²) < 4.78 is 10.6. The van der Waals surface area contributed by atoms with E-state index in [9.17, 15) is 9.90 Å². The number of hydrogen-bond acceptors (Lipinski definition) is 3. The van der Waals surface area contributed by atoms with E-state index in [-0.39, 0.29) is 17.4 Å². The molecule has 0 aliphatic carbocycles. The fourth-order valence-corrected chi connectivity index (χ4v) is 2.35. The van der Waals surface area contributed by atoms with Crippen LogP contribution in [0.25, 0.3) is 0 Å². The van der Waals surface area contributed by atoms with Crippen LogP contribution in [-0.2, 0) is 4.74 Å². The van der Waals surface area contributed by atoms with Gasteiger partial charge in [0.25, 0.3) is 0 Å². The molecule has 0 spiro atoms. The molecular formula is C15H25NO4. The Balaban J connectivity index is 3.08. The molecule has 1 amide bonds. The van der Waals surface area contributed by atoms with Gasteiger partial charge in [-0.3, -0.25) is 4.90 Å². The lowest BCUT2D eigenvalue weighted by molar-refractivity contribution is 0.0489. The summed E-state index contributed by atoms with van der Waals surface area (Å²) in [4.78, 5) is 13.1. The van der Waals surface area contributed by atoms with E-state index in [1.54, 1.807) is 19.4 Å². The van der Waals surface area contributed by atoms with Crippen LogP contribution in [0.4, 0.5) is 4.79 Å². The quantitative estimate of drug-likeness (QED) is 0.866. The van der Waals surface area contributed by atoms with Crippen molar-refractivity contribution in [3.63, 3.8) is 0 Å². The van der Waals surface area contributed by atoms with Crippen molar-refractivity contribution in [2.75, 3.05) is 20.3 Å². The third-order valence-corrected chi connectivity index (χ3v) is 3.03. The zero-order chi connectivity index (χ0) is 15.3. The number of carbonyl (C=O) groups is 1. The molecule has 1 N–H and O–H groups in total. The van der Waals surface area contributed by atoms with Crippen LogP contribution in [0, 0.1) is 11.3 Å². The zero-order valence-electron chi connectivity index (χ0n) is 12.9. The fraction of sp³-hybridized carbons (Fsp3) is 0.667. The predicted octanol–water partition coefficient (Wildman–Crippen LogP) is 3.63. The van der Waals surface area contributed by atoms with Gasteiger partial charge in [0, 0.05) is 19.6 Å². The van der Waals surface area contributed by atoms with E-state index < -0.39 is 6.09 Å². The van der Waals surface area contributed by atoms with Crippen molar-refractivity contribution in [2.45, 2.75) is 33.7 Å². The van der Waals surface area contributed by atoms with Crippen molar-refractivity contribution in [2.24, 2.45) is 11.3 Å². The van der Waals surface area contributed by atoms with E-state index in [1.165, 1.54) is 4.90 Å². The van der Waals surface area contributed by atoms with Crippen LogP contribution in [0.3, 0.4) is 0 Å². The smallest absolute Gasteiger partial charge is 0.407 e. The minimum absolute atomic E-state index is 0.00426. The minimum atomic E-state index is -0.940. The molecule has 0 aliphatic heterocycles. The standard InChI is InChI=1S/C15H25NO4/c1-11(9-19-5)13(12-7-6-8-20-12)16(14(17)18)10-15(2,3)4/h6-8,11,13H,9-10H2,1-5H3,(H,17,18)/t11-,13+/m1/s1. The van der Waals surface area contributed by atoms with E-state index in [4.69, 9.17) is 9.15 Å². The van der Waals surface area contributed by atoms with Gasteiger partial charge < -0.3 is 14.3 Å². The monoisotopic (exact) mass is 283 g/mol. The number of rotatable bonds is 6. The topological polar surface area (TPSA) is 62.9 Å². The van der Waals surface area contributed by atoms with Gasteiger partial charge in [0.1, 0.15) is 5.76 Å². The van der Waals surface area contributed by atoms with Crippen molar-refractivity contribution in [3.8, 4) is 0 Å². The Morgan fingerprint density at radius 2 is 2.15 bits per heavy atom. The molecule has 114 valence electrons. The third-order valence-electron chi connectivity index (χ3n) is 3.03. The molecule has 0 saturated carbocycles. The Hall–Kier alpha value is -1.49. The number of nitrogens with zero attached hydrogens (tertiary/aromatic N) is 1. The Morgan fingerprint density at radius 3 is 2.55 bits per heavy atom. The summed E-state index contributed by atoms with van der Waals surface area (Å²) >= 11 is 0. The number of methoxy groups -OCH3 is 1. The average Bonchev–Trinajstić information content (AvgIpc) is 2.80. The summed E-state index contributed by atoms with van der Waals surface area (Å²) in [5.41, 5.74) is -0.129. The first-order chi connectivity index (χ1) is 9.26. The highest BCUT2D eigenvalue weighted by atomic mass is 16.5. The lowest BCUT2D eigenvalue weighted by atomic mass is 9.92. The molecule has 2 atom stereocenters. The Bertz CT molecular complexity index is 408. The van der Waals surface area contributed by atoms with Gasteiger partial charge in [0.15, 0.2) is 0 Å². The fourth-order valence-electron chi connectivity index (χ4n) is 2.35. The summed E-state index contributed by atoms with van der Waals surface area (Å²) in [6, 6.07) is 3.25. The van der Waals surface area contributed by atoms with E-state index in [2.05, 4.69) is 0 Å². The van der Waals surface area contributed by atoms with Crippen molar-refractivity contribution in [3.05, 3.63) is 24.2 Å². The summed E-state index contributed by atoms with van der Waals surface area (Å²) in [6.45, 7) is 8.92. The largest absolute Gasteiger partial charge is 0.467 e. The summed E-state index contributed by atoms with van der Waals surface area (Å²) in [5, 5.41) is 9.57. The Morgan fingerprint density at radius 1 is 1.50 bits per heavy atom. The van der Waals surface area contributed by atoms with Crippen molar-refractivity contribution < 1.29 is 19.1 Å². The van der Waals surface area contributed by atoms with Crippen LogP contribution in [0.15, 0.2) is 22.8 Å². The van der Waals surface area contributed by atoms with Crippen LogP contribution < -0.4 is 0 Å². The summed E-state index contributed by atoms with van der Waals surface area (Å²) in [6.07, 6.45) is 0.628. The van der Waals surface area contributed by atoms with Gasteiger partial charge in [-0.05, 0) is 17.5 Å². The maximum atomic E-state index is 11.7. The minimum Gasteiger partial charge on any atom is -0.467 e. The molecule has 0 bridgehead atoms. The van der Waals surface area contributed by atoms with E-state index in [1.807, 2.05) is 33.8 Å². The van der Waals surface area contributed by atoms with Crippen LogP contribution in [0.1, 0.15) is 39.5 Å². The molecule has 5 heteroatoms. The normalized spacial score (nSPS) is 14.8. The van der Waals surface area contributed by atoms with Gasteiger partial charge in [-0.25, -0.2) is 4.79 Å².